The van der Waals surface area contributed by atoms with Gasteiger partial charge in [0.25, 0.3) is 5.91 Å². The fourth-order valence-corrected chi connectivity index (χ4v) is 4.11. The first kappa shape index (κ1) is 30.0. The molecule has 1 aromatic carbocycles. The zero-order valence-corrected chi connectivity index (χ0v) is 22.1. The van der Waals surface area contributed by atoms with Crippen LogP contribution in [0.2, 0.25) is 0 Å². The molecule has 0 saturated carbocycles. The van der Waals surface area contributed by atoms with Crippen LogP contribution in [0.25, 0.3) is 11.5 Å². The molecule has 1 unspecified atom stereocenters. The van der Waals surface area contributed by atoms with Gasteiger partial charge < -0.3 is 21.1 Å². The number of alkyl halides is 3. The van der Waals surface area contributed by atoms with E-state index < -0.39 is 18.3 Å². The smallest absolute Gasteiger partial charge is 0.573 e. The summed E-state index contributed by atoms with van der Waals surface area (Å²) in [5, 5.41) is 4.03. The zero-order valence-electron chi connectivity index (χ0n) is 18.5. The van der Waals surface area contributed by atoms with Gasteiger partial charge in [0.15, 0.2) is 0 Å². The van der Waals surface area contributed by atoms with Crippen LogP contribution in [-0.2, 0) is 55.4 Å². The molecule has 2 aromatic rings. The molecule has 1 atom stereocenters. The van der Waals surface area contributed by atoms with Gasteiger partial charge in [-0.3, -0.25) is 19.7 Å². The number of imide groups is 1. The summed E-state index contributed by atoms with van der Waals surface area (Å²) in [5.74, 6) is -1.15. The predicted molar refractivity (Wildman–Crippen MR) is 117 cm³/mol. The van der Waals surface area contributed by atoms with E-state index >= 15 is 0 Å². The van der Waals surface area contributed by atoms with Gasteiger partial charge in [0.1, 0.15) is 11.8 Å². The van der Waals surface area contributed by atoms with Crippen LogP contribution in [0.3, 0.4) is 0 Å². The molecule has 4 rings (SSSR count). The average Bonchev–Trinajstić information content (AvgIpc) is 3.31. The molecule has 2 aliphatic rings. The second kappa shape index (κ2) is 13.2. The van der Waals surface area contributed by atoms with Crippen LogP contribution in [0, 0.1) is 0 Å². The minimum atomic E-state index is -4.66. The molecule has 2 aliphatic heterocycles. The minimum Gasteiger partial charge on any atom is -0.699 e. The van der Waals surface area contributed by atoms with Gasteiger partial charge in [0.05, 0.1) is 5.56 Å². The largest absolute Gasteiger partial charge is 0.699 e. The Morgan fingerprint density at radius 2 is 1.79 bits per heavy atom. The monoisotopic (exact) mass is 573 g/mol. The third-order valence-electron chi connectivity index (χ3n) is 4.64. The normalized spacial score (nSPS) is 16.8. The van der Waals surface area contributed by atoms with Crippen molar-refractivity contribution in [3.8, 4) is 5.75 Å². The van der Waals surface area contributed by atoms with E-state index in [9.17, 15) is 27.6 Å². The quantitative estimate of drug-likeness (QED) is 0.497. The first-order chi connectivity index (χ1) is 15.6. The summed E-state index contributed by atoms with van der Waals surface area (Å²) in [7, 11) is 0. The van der Waals surface area contributed by atoms with Gasteiger partial charge in [-0.1, -0.05) is 26.0 Å². The number of thiophene rings is 1. The van der Waals surface area contributed by atoms with Crippen molar-refractivity contribution in [2.75, 3.05) is 0 Å². The Hall–Kier alpha value is -2.02. The number of carbonyl (C=O) groups is 3. The Morgan fingerprint density at radius 1 is 1.18 bits per heavy atom. The van der Waals surface area contributed by atoms with Crippen molar-refractivity contribution < 1.29 is 65.0 Å². The van der Waals surface area contributed by atoms with Gasteiger partial charge >= 0.3 is 6.36 Å². The Labute approximate surface area is 224 Å². The van der Waals surface area contributed by atoms with Crippen LogP contribution < -0.4 is 10.1 Å². The summed E-state index contributed by atoms with van der Waals surface area (Å²) in [6, 6.07) is 4.06. The zero-order chi connectivity index (χ0) is 24.8. The maximum Gasteiger partial charge on any atom is 0.573 e. The van der Waals surface area contributed by atoms with E-state index in [1.54, 1.807) is 5.38 Å². The first-order valence-corrected chi connectivity index (χ1v) is 10.9. The maximum atomic E-state index is 12.3. The van der Waals surface area contributed by atoms with Crippen molar-refractivity contribution in [3.05, 3.63) is 57.1 Å². The van der Waals surface area contributed by atoms with E-state index in [-0.39, 0.29) is 68.9 Å². The van der Waals surface area contributed by atoms with Crippen molar-refractivity contribution in [1.29, 1.82) is 0 Å². The number of nitrogens with one attached hydrogen (secondary N) is 3. The number of ether oxygens (including phenoxy) is 1. The molecular weight excluding hydrogens is 550 g/mol. The molecule has 0 spiro atoms. The van der Waals surface area contributed by atoms with Crippen LogP contribution in [0.15, 0.2) is 29.6 Å². The van der Waals surface area contributed by atoms with Gasteiger partial charge in [0.2, 0.25) is 11.8 Å². The molecule has 8 nitrogen and oxygen atoms in total. The Kier molecular flexibility index (Phi) is 11.6. The topological polar surface area (TPSA) is 123 Å². The summed E-state index contributed by atoms with van der Waals surface area (Å²) < 4.78 is 38.3. The maximum absolute atomic E-state index is 12.3. The van der Waals surface area contributed by atoms with Crippen LogP contribution in [0.4, 0.5) is 18.9 Å². The number of carbonyl (C=O) groups excluding carboxylic acids is 3. The summed E-state index contributed by atoms with van der Waals surface area (Å²) >= 11 is 1.42. The van der Waals surface area contributed by atoms with Crippen molar-refractivity contribution in [3.63, 3.8) is 0 Å². The Bertz CT molecular complexity index is 999. The van der Waals surface area contributed by atoms with Crippen molar-refractivity contribution in [1.82, 2.24) is 10.2 Å². The third kappa shape index (κ3) is 7.76. The molecule has 1 aromatic heterocycles. The first-order valence-electron chi connectivity index (χ1n) is 10.0. The minimum absolute atomic E-state index is 0. The molecule has 3 N–H and O–H groups in total. The Balaban J connectivity index is 0.000000336. The molecule has 3 heterocycles. The fraction of sp³-hybridized carbons (Fsp3) is 0.381. The average molecular weight is 573 g/mol. The molecule has 34 heavy (non-hydrogen) atoms. The van der Waals surface area contributed by atoms with E-state index in [1.807, 2.05) is 13.8 Å². The molecule has 3 amide bonds. The summed E-state index contributed by atoms with van der Waals surface area (Å²) in [4.78, 5) is 37.6. The van der Waals surface area contributed by atoms with E-state index in [0.29, 0.717) is 18.5 Å². The van der Waals surface area contributed by atoms with E-state index in [1.165, 1.54) is 28.4 Å². The molecule has 1 radical (unpaired) electrons. The number of amides is 3. The van der Waals surface area contributed by atoms with Crippen molar-refractivity contribution in [2.24, 2.45) is 0 Å². The summed E-state index contributed by atoms with van der Waals surface area (Å²) in [6.07, 6.45) is -4.03. The molecule has 1 saturated heterocycles. The predicted octanol–water partition coefficient (Wildman–Crippen LogP) is 5.35. The molecule has 0 bridgehead atoms. The third-order valence-corrected chi connectivity index (χ3v) is 5.66. The number of hydrogen-bond donors (Lipinski definition) is 1. The molecule has 183 valence electrons. The van der Waals surface area contributed by atoms with Gasteiger partial charge in [-0.05, 0) is 29.0 Å². The van der Waals surface area contributed by atoms with Crippen LogP contribution in [0.1, 0.15) is 47.5 Å². The second-order valence-corrected chi connectivity index (χ2v) is 7.66. The molecular formula is C21H23F3N4O4SY-2. The summed E-state index contributed by atoms with van der Waals surface area (Å²) in [5.41, 5.74) is 16.0. The van der Waals surface area contributed by atoms with Gasteiger partial charge in [-0.25, -0.2) is 0 Å². The number of rotatable bonds is 3. The number of hydrogen-bond acceptors (Lipinski definition) is 5. The summed E-state index contributed by atoms with van der Waals surface area (Å²) in [6.45, 7) is 4.52. The van der Waals surface area contributed by atoms with E-state index in [2.05, 4.69) is 10.1 Å². The van der Waals surface area contributed by atoms with Gasteiger partial charge in [-0.2, -0.15) is 0 Å². The van der Waals surface area contributed by atoms with Crippen molar-refractivity contribution >= 4 is 34.7 Å². The number of nitrogens with zero attached hydrogens (tertiary/aromatic N) is 1. The van der Waals surface area contributed by atoms with E-state index in [0.717, 1.165) is 22.6 Å². The number of halogens is 3. The second-order valence-electron chi connectivity index (χ2n) is 6.70. The Morgan fingerprint density at radius 3 is 2.32 bits per heavy atom. The number of piperidine rings is 1. The van der Waals surface area contributed by atoms with Crippen LogP contribution in [0.5, 0.6) is 5.75 Å². The van der Waals surface area contributed by atoms with E-state index in [4.69, 9.17) is 11.5 Å². The number of fused-ring (bicyclic) bond motifs is 1. The van der Waals surface area contributed by atoms with Gasteiger partial charge in [0, 0.05) is 51.1 Å². The number of benzene rings is 1. The van der Waals surface area contributed by atoms with Crippen LogP contribution >= 0.6 is 11.3 Å². The molecule has 0 aliphatic carbocycles. The SMILES string of the molecule is CC.[NH-]Cc1scc2c1CN(C1CCC(=O)NC1=O)C2=O.[NH-]c1ccc(OC(F)(F)F)cc1.[Y]. The molecule has 13 heteroatoms. The fourth-order valence-electron chi connectivity index (χ4n) is 3.21. The standard InChI is InChI=1S/C12H12N3O3S.C7H5F3NO.C2H6.Y/c13-3-9-6-4-15(12(18)7(6)5-19-9)8-1-2-10(16)14-11(8)17;8-7(9,10)12-6-3-1-5(11)2-4-6;1-2;/h5,8,13H,1-4H2,(H,14,16,17);1-4,11H;1-2H3;/q2*-1;;. The molecule has 1 fully saturated rings. The van der Waals surface area contributed by atoms with Gasteiger partial charge in [-0.15, -0.1) is 36.7 Å². The van der Waals surface area contributed by atoms with Crippen molar-refractivity contribution in [2.45, 2.75) is 52.2 Å². The van der Waals surface area contributed by atoms with Crippen LogP contribution in [-0.4, -0.2) is 35.0 Å².